The molecule has 81 heavy (non-hydrogen) atoms. The maximum atomic E-state index is 13.0. The van der Waals surface area contributed by atoms with Crippen molar-refractivity contribution in [1.82, 2.24) is 5.32 Å². The molecule has 1 aliphatic rings. The van der Waals surface area contributed by atoms with Crippen LogP contribution in [-0.2, 0) is 23.8 Å². The van der Waals surface area contributed by atoms with E-state index in [0.29, 0.717) is 19.4 Å². The minimum absolute atomic E-state index is 0.00799. The van der Waals surface area contributed by atoms with Crippen LogP contribution in [-0.4, -0.2) is 100 Å². The number of carbonyl (C=O) groups is 2. The number of ether oxygens (including phenoxy) is 3. The van der Waals surface area contributed by atoms with Crippen molar-refractivity contribution in [1.29, 1.82) is 0 Å². The highest BCUT2D eigenvalue weighted by Gasteiger charge is 2.44. The number of carbonyl (C=O) groups excluding carboxylic acids is 2. The molecular weight excluding hydrogens is 1010 g/mol. The fourth-order valence-electron chi connectivity index (χ4n) is 10.7. The van der Waals surface area contributed by atoms with E-state index in [4.69, 9.17) is 14.2 Å². The van der Waals surface area contributed by atoms with E-state index < -0.39 is 49.5 Å². The van der Waals surface area contributed by atoms with Crippen LogP contribution in [0.1, 0.15) is 322 Å². The highest BCUT2D eigenvalue weighted by Crippen LogP contribution is 2.23. The molecule has 1 rings (SSSR count). The summed E-state index contributed by atoms with van der Waals surface area (Å²) in [5.41, 5.74) is 0. The van der Waals surface area contributed by atoms with Gasteiger partial charge in [-0.25, -0.2) is 0 Å². The summed E-state index contributed by atoms with van der Waals surface area (Å²) in [5, 5.41) is 54.4. The Morgan fingerprint density at radius 2 is 0.815 bits per heavy atom. The van der Waals surface area contributed by atoms with Crippen molar-refractivity contribution in [2.45, 2.75) is 365 Å². The number of allylic oxidation sites excluding steroid dienone is 7. The number of unbranched alkanes of at least 4 members (excludes halogenated alkanes) is 40. The Morgan fingerprint density at radius 3 is 1.26 bits per heavy atom. The average Bonchev–Trinajstić information content (AvgIpc) is 3.46. The monoisotopic (exact) mass is 1140 g/mol. The molecule has 11 nitrogen and oxygen atoms in total. The van der Waals surface area contributed by atoms with Crippen molar-refractivity contribution in [3.63, 3.8) is 0 Å². The van der Waals surface area contributed by atoms with Crippen molar-refractivity contribution in [2.24, 2.45) is 0 Å². The van der Waals surface area contributed by atoms with E-state index in [2.05, 4.69) is 55.6 Å². The Kier molecular flexibility index (Phi) is 56.2. The third-order valence-corrected chi connectivity index (χ3v) is 16.1. The summed E-state index contributed by atoms with van der Waals surface area (Å²) in [4.78, 5) is 25.1. The second kappa shape index (κ2) is 59.4. The van der Waals surface area contributed by atoms with E-state index in [9.17, 15) is 35.1 Å². The summed E-state index contributed by atoms with van der Waals surface area (Å²) in [5.74, 6) is -0.187. The van der Waals surface area contributed by atoms with Gasteiger partial charge in [-0.1, -0.05) is 281 Å². The quantitative estimate of drug-likeness (QED) is 0.0195. The summed E-state index contributed by atoms with van der Waals surface area (Å²) in [6.45, 7) is 4.29. The second-order valence-electron chi connectivity index (χ2n) is 23.9. The van der Waals surface area contributed by atoms with Gasteiger partial charge in [-0.2, -0.15) is 0 Å². The SMILES string of the molecule is CCCC/C=C/CC/C=C/CC/C=C/C(O)C(COC1OC(CO)C(O)C(O)C1O)NC(=O)CCCCCCCCCCCCCCCC/C=C\CCCCCCCCCCCCCCOC(=O)CCCCCCCCCCCCC. The van der Waals surface area contributed by atoms with Gasteiger partial charge >= 0.3 is 5.97 Å². The Labute approximate surface area is 497 Å². The Morgan fingerprint density at radius 1 is 0.444 bits per heavy atom. The fraction of sp³-hybridized carbons (Fsp3) is 0.857. The first-order chi connectivity index (χ1) is 39.7. The predicted octanol–water partition coefficient (Wildman–Crippen LogP) is 17.2. The van der Waals surface area contributed by atoms with Crippen LogP contribution in [0.3, 0.4) is 0 Å². The molecule has 1 saturated heterocycles. The first-order valence-electron chi connectivity index (χ1n) is 34.4. The van der Waals surface area contributed by atoms with Gasteiger partial charge in [-0.05, 0) is 77.0 Å². The lowest BCUT2D eigenvalue weighted by Crippen LogP contribution is -2.60. The van der Waals surface area contributed by atoms with E-state index >= 15 is 0 Å². The van der Waals surface area contributed by atoms with Gasteiger partial charge in [0.1, 0.15) is 24.4 Å². The standard InChI is InChI=1S/C70H129NO10/c1-3-5-7-9-11-13-15-37-40-44-48-52-56-63(73)62(61-80-70-69(78)68(77)67(76)64(60-72)81-70)71-65(74)57-53-49-45-41-38-34-32-30-28-26-24-22-20-18-16-17-19-21-23-25-27-29-31-33-35-39-43-47-51-55-59-79-66(75)58-54-50-46-42-36-14-12-10-8-6-4-2/h9,11,17,19,37,40,52,56,62-64,67-70,72-73,76-78H,3-8,10,12-16,18,20-36,38-39,41-51,53-55,57-61H2,1-2H3,(H,71,74)/b11-9+,19-17-,40-37+,56-52+. The zero-order valence-corrected chi connectivity index (χ0v) is 52.5. The van der Waals surface area contributed by atoms with Crippen molar-refractivity contribution in [2.75, 3.05) is 19.8 Å². The highest BCUT2D eigenvalue weighted by molar-refractivity contribution is 5.76. The molecule has 1 fully saturated rings. The molecule has 474 valence electrons. The first kappa shape index (κ1) is 76.6. The van der Waals surface area contributed by atoms with Gasteiger partial charge in [0.25, 0.3) is 0 Å². The van der Waals surface area contributed by atoms with Gasteiger partial charge in [0, 0.05) is 12.8 Å². The van der Waals surface area contributed by atoms with Crippen LogP contribution in [0.15, 0.2) is 48.6 Å². The molecule has 7 atom stereocenters. The van der Waals surface area contributed by atoms with Crippen LogP contribution >= 0.6 is 0 Å². The molecule has 0 aliphatic carbocycles. The van der Waals surface area contributed by atoms with Crippen LogP contribution in [0.4, 0.5) is 0 Å². The number of rotatable bonds is 60. The molecular formula is C70H129NO10. The summed E-state index contributed by atoms with van der Waals surface area (Å²) in [7, 11) is 0. The minimum atomic E-state index is -1.58. The van der Waals surface area contributed by atoms with Gasteiger partial charge in [0.05, 0.1) is 32.0 Å². The Hall–Kier alpha value is -2.38. The van der Waals surface area contributed by atoms with Gasteiger partial charge in [0.2, 0.25) is 5.91 Å². The summed E-state index contributed by atoms with van der Waals surface area (Å²) < 4.78 is 16.7. The summed E-state index contributed by atoms with van der Waals surface area (Å²) >= 11 is 0. The lowest BCUT2D eigenvalue weighted by atomic mass is 9.99. The maximum Gasteiger partial charge on any atom is 0.305 e. The molecule has 0 aromatic carbocycles. The molecule has 0 spiro atoms. The number of aliphatic hydroxyl groups is 5. The molecule has 0 aromatic heterocycles. The number of hydrogen-bond acceptors (Lipinski definition) is 10. The fourth-order valence-corrected chi connectivity index (χ4v) is 10.7. The Bertz CT molecular complexity index is 1480. The molecule has 1 aliphatic heterocycles. The van der Waals surface area contributed by atoms with Gasteiger partial charge < -0.3 is 45.1 Å². The molecule has 1 heterocycles. The molecule has 0 saturated carbocycles. The van der Waals surface area contributed by atoms with E-state index in [-0.39, 0.29) is 18.5 Å². The molecule has 7 unspecified atom stereocenters. The topological polar surface area (TPSA) is 175 Å². The minimum Gasteiger partial charge on any atom is -0.466 e. The Balaban J connectivity index is 1.98. The van der Waals surface area contributed by atoms with Crippen molar-refractivity contribution >= 4 is 11.9 Å². The number of aliphatic hydroxyl groups excluding tert-OH is 5. The largest absolute Gasteiger partial charge is 0.466 e. The predicted molar refractivity (Wildman–Crippen MR) is 338 cm³/mol. The van der Waals surface area contributed by atoms with Gasteiger partial charge in [-0.3, -0.25) is 9.59 Å². The smallest absolute Gasteiger partial charge is 0.305 e. The first-order valence-corrected chi connectivity index (χ1v) is 34.4. The van der Waals surface area contributed by atoms with Gasteiger partial charge in [0.15, 0.2) is 6.29 Å². The maximum absolute atomic E-state index is 13.0. The van der Waals surface area contributed by atoms with Crippen LogP contribution in [0, 0.1) is 0 Å². The molecule has 6 N–H and O–H groups in total. The lowest BCUT2D eigenvalue weighted by Gasteiger charge is -2.40. The second-order valence-corrected chi connectivity index (χ2v) is 23.9. The number of esters is 1. The van der Waals surface area contributed by atoms with Crippen molar-refractivity contribution < 1.29 is 49.3 Å². The van der Waals surface area contributed by atoms with Crippen LogP contribution in [0.25, 0.3) is 0 Å². The summed E-state index contributed by atoms with van der Waals surface area (Å²) in [6.07, 6.45) is 66.8. The molecule has 0 aromatic rings. The van der Waals surface area contributed by atoms with E-state index in [0.717, 1.165) is 70.6 Å². The third kappa shape index (κ3) is 48.5. The zero-order valence-electron chi connectivity index (χ0n) is 52.5. The normalized spacial score (nSPS) is 18.5. The van der Waals surface area contributed by atoms with Crippen molar-refractivity contribution in [3.8, 4) is 0 Å². The molecule has 0 radical (unpaired) electrons. The van der Waals surface area contributed by atoms with Crippen LogP contribution < -0.4 is 5.32 Å². The molecule has 0 bridgehead atoms. The van der Waals surface area contributed by atoms with Crippen LogP contribution in [0.5, 0.6) is 0 Å². The number of amides is 1. The molecule has 1 amide bonds. The number of hydrogen-bond donors (Lipinski definition) is 6. The van der Waals surface area contributed by atoms with Crippen LogP contribution in [0.2, 0.25) is 0 Å². The van der Waals surface area contributed by atoms with E-state index in [1.54, 1.807) is 6.08 Å². The number of nitrogens with one attached hydrogen (secondary N) is 1. The highest BCUT2D eigenvalue weighted by atomic mass is 16.7. The zero-order chi connectivity index (χ0) is 58.7. The van der Waals surface area contributed by atoms with E-state index in [1.807, 2.05) is 6.08 Å². The summed E-state index contributed by atoms with van der Waals surface area (Å²) in [6, 6.07) is -0.834. The van der Waals surface area contributed by atoms with Crippen molar-refractivity contribution in [3.05, 3.63) is 48.6 Å². The third-order valence-electron chi connectivity index (χ3n) is 16.1. The van der Waals surface area contributed by atoms with E-state index in [1.165, 1.54) is 225 Å². The molecule has 11 heteroatoms. The van der Waals surface area contributed by atoms with Gasteiger partial charge in [-0.15, -0.1) is 0 Å². The lowest BCUT2D eigenvalue weighted by molar-refractivity contribution is -0.302. The average molecular weight is 1140 g/mol.